The minimum atomic E-state index is -1.14. The van der Waals surface area contributed by atoms with Gasteiger partial charge in [0.15, 0.2) is 11.3 Å². The lowest BCUT2D eigenvalue weighted by Gasteiger charge is -2.47. The van der Waals surface area contributed by atoms with Crippen LogP contribution in [-0.2, 0) is 14.2 Å². The Balaban J connectivity index is 2.71. The quantitative estimate of drug-likeness (QED) is 0.641. The topological polar surface area (TPSA) is 95.0 Å². The van der Waals surface area contributed by atoms with Gasteiger partial charge in [-0.15, -0.1) is 0 Å². The largest absolute Gasteiger partial charge is 0.376 e. The summed E-state index contributed by atoms with van der Waals surface area (Å²) < 4.78 is 15.7. The summed E-state index contributed by atoms with van der Waals surface area (Å²) in [5.41, 5.74) is -2.19. The van der Waals surface area contributed by atoms with Gasteiger partial charge in [-0.2, -0.15) is 0 Å². The molecule has 0 saturated carbocycles. The molecule has 25 heavy (non-hydrogen) atoms. The lowest BCUT2D eigenvalue weighted by molar-refractivity contribution is -0.125. The second-order valence-electron chi connectivity index (χ2n) is 6.26. The second-order valence-corrected chi connectivity index (χ2v) is 6.26. The number of aliphatic hydroxyl groups excluding tert-OH is 1. The average Bonchev–Trinajstić information content (AvgIpc) is 2.86. The molecule has 0 aromatic carbocycles. The third-order valence-corrected chi connectivity index (χ3v) is 5.14. The van der Waals surface area contributed by atoms with Gasteiger partial charge in [-0.25, -0.2) is 9.59 Å². The third kappa shape index (κ3) is 2.39. The van der Waals surface area contributed by atoms with E-state index in [9.17, 15) is 14.7 Å². The molecule has 144 valence electrons. The lowest BCUT2D eigenvalue weighted by Crippen LogP contribution is -2.67. The van der Waals surface area contributed by atoms with Crippen LogP contribution < -0.4 is 0 Å². The molecule has 4 amide bonds. The van der Waals surface area contributed by atoms with E-state index >= 15 is 0 Å². The van der Waals surface area contributed by atoms with Gasteiger partial charge in [-0.05, 0) is 13.3 Å². The number of hydrogen-bond acceptors (Lipinski definition) is 6. The van der Waals surface area contributed by atoms with Gasteiger partial charge in [0.25, 0.3) is 0 Å². The van der Waals surface area contributed by atoms with Crippen molar-refractivity contribution < 1.29 is 28.9 Å². The number of amides is 4. The van der Waals surface area contributed by atoms with Crippen molar-refractivity contribution in [2.45, 2.75) is 38.0 Å². The van der Waals surface area contributed by atoms with Gasteiger partial charge >= 0.3 is 12.1 Å². The van der Waals surface area contributed by atoms with Crippen LogP contribution in [0.15, 0.2) is 0 Å². The van der Waals surface area contributed by atoms with Crippen LogP contribution in [0.4, 0.5) is 9.59 Å². The van der Waals surface area contributed by atoms with Crippen LogP contribution in [0.25, 0.3) is 0 Å². The van der Waals surface area contributed by atoms with Gasteiger partial charge in [-0.3, -0.25) is 19.6 Å². The molecule has 2 aliphatic rings. The summed E-state index contributed by atoms with van der Waals surface area (Å²) in [6.07, 6.45) is 1.20. The average molecular weight is 360 g/mol. The highest BCUT2D eigenvalue weighted by atomic mass is 16.5. The minimum Gasteiger partial charge on any atom is -0.376 e. The number of nitrogens with zero attached hydrogens (tertiary/aromatic N) is 4. The predicted octanol–water partition coefficient (Wildman–Crippen LogP) is 0.436. The van der Waals surface area contributed by atoms with Crippen LogP contribution in [-0.4, -0.2) is 96.3 Å². The fourth-order valence-corrected chi connectivity index (χ4v) is 4.16. The number of fused-ring (bicyclic) bond motifs is 1. The molecular formula is C15H28N4O6. The number of aliphatic hydroxyl groups is 1. The van der Waals surface area contributed by atoms with Gasteiger partial charge in [0.05, 0.1) is 0 Å². The number of hydrogen-bond donors (Lipinski definition) is 1. The monoisotopic (exact) mass is 360 g/mol. The van der Waals surface area contributed by atoms with Crippen molar-refractivity contribution in [1.82, 2.24) is 19.6 Å². The van der Waals surface area contributed by atoms with E-state index in [0.717, 1.165) is 0 Å². The lowest BCUT2D eigenvalue weighted by atomic mass is 9.89. The van der Waals surface area contributed by atoms with Gasteiger partial charge < -0.3 is 19.3 Å². The Bertz CT molecular complexity index is 520. The zero-order chi connectivity index (χ0) is 18.8. The Morgan fingerprint density at radius 3 is 1.72 bits per heavy atom. The highest BCUT2D eigenvalue weighted by Crippen LogP contribution is 2.53. The van der Waals surface area contributed by atoms with E-state index in [0.29, 0.717) is 12.8 Å². The standard InChI is InChI=1S/C15H28N4O6/c1-6-7-15-14(2,16(8-20)12(21)18(15)10-24-4)17(9-23-3)13(22)19(15)11-25-5/h20H,6-11H2,1-5H3. The zero-order valence-electron chi connectivity index (χ0n) is 15.5. The Hall–Kier alpha value is -1.62. The summed E-state index contributed by atoms with van der Waals surface area (Å²) in [6, 6.07) is -0.735. The van der Waals surface area contributed by atoms with Crippen LogP contribution >= 0.6 is 0 Å². The maximum absolute atomic E-state index is 13.1. The maximum Gasteiger partial charge on any atom is 0.327 e. The van der Waals surface area contributed by atoms with Crippen molar-refractivity contribution in [3.63, 3.8) is 0 Å². The van der Waals surface area contributed by atoms with E-state index in [1.54, 1.807) is 6.92 Å². The molecule has 0 aliphatic carbocycles. The first kappa shape index (κ1) is 19.7. The van der Waals surface area contributed by atoms with E-state index < -0.39 is 24.1 Å². The molecule has 0 spiro atoms. The number of rotatable bonds is 9. The molecule has 2 atom stereocenters. The number of urea groups is 2. The van der Waals surface area contributed by atoms with Crippen LogP contribution in [0.1, 0.15) is 26.7 Å². The van der Waals surface area contributed by atoms with Crippen LogP contribution in [0.2, 0.25) is 0 Å². The molecule has 0 radical (unpaired) electrons. The Kier molecular flexibility index (Phi) is 5.77. The highest BCUT2D eigenvalue weighted by Gasteiger charge is 2.76. The summed E-state index contributed by atoms with van der Waals surface area (Å²) in [5, 5.41) is 9.91. The van der Waals surface area contributed by atoms with E-state index in [2.05, 4.69) is 0 Å². The van der Waals surface area contributed by atoms with E-state index in [-0.39, 0.29) is 26.2 Å². The number of carbonyl (C=O) groups excluding carboxylic acids is 2. The number of carbonyl (C=O) groups is 2. The van der Waals surface area contributed by atoms with Crippen molar-refractivity contribution >= 4 is 12.1 Å². The molecule has 2 rings (SSSR count). The first-order valence-corrected chi connectivity index (χ1v) is 8.18. The van der Waals surface area contributed by atoms with E-state index in [1.807, 2.05) is 6.92 Å². The maximum atomic E-state index is 13.1. The molecule has 0 bridgehead atoms. The molecule has 2 unspecified atom stereocenters. The second kappa shape index (κ2) is 7.32. The SMILES string of the molecule is CCCC12N(COC)C(=O)N(CO)C1(C)N(COC)C(=O)N2COC. The summed E-state index contributed by atoms with van der Waals surface area (Å²) in [5.74, 6) is 0. The fraction of sp³-hybridized carbons (Fsp3) is 0.867. The smallest absolute Gasteiger partial charge is 0.327 e. The molecule has 2 aliphatic heterocycles. The number of ether oxygens (including phenoxy) is 3. The van der Waals surface area contributed by atoms with Crippen molar-refractivity contribution in [2.24, 2.45) is 0 Å². The summed E-state index contributed by atoms with van der Waals surface area (Å²) in [6.45, 7) is 3.17. The Morgan fingerprint density at radius 2 is 1.32 bits per heavy atom. The highest BCUT2D eigenvalue weighted by molar-refractivity contribution is 5.88. The summed E-state index contributed by atoms with van der Waals surface area (Å²) in [4.78, 5) is 31.8. The van der Waals surface area contributed by atoms with Gasteiger partial charge in [0, 0.05) is 21.3 Å². The van der Waals surface area contributed by atoms with Gasteiger partial charge in [0.1, 0.15) is 26.9 Å². The van der Waals surface area contributed by atoms with Gasteiger partial charge in [-0.1, -0.05) is 13.3 Å². The van der Waals surface area contributed by atoms with Crippen LogP contribution in [0.5, 0.6) is 0 Å². The zero-order valence-corrected chi connectivity index (χ0v) is 15.5. The van der Waals surface area contributed by atoms with Crippen molar-refractivity contribution in [2.75, 3.05) is 48.3 Å². The molecule has 2 heterocycles. The van der Waals surface area contributed by atoms with Crippen molar-refractivity contribution in [3.05, 3.63) is 0 Å². The first-order valence-electron chi connectivity index (χ1n) is 8.18. The molecule has 2 fully saturated rings. The molecule has 1 N–H and O–H groups in total. The minimum absolute atomic E-state index is 0.00139. The van der Waals surface area contributed by atoms with Crippen LogP contribution in [0, 0.1) is 0 Å². The number of methoxy groups -OCH3 is 3. The molecule has 0 aromatic heterocycles. The van der Waals surface area contributed by atoms with Gasteiger partial charge in [0.2, 0.25) is 0 Å². The van der Waals surface area contributed by atoms with Crippen molar-refractivity contribution in [3.8, 4) is 0 Å². The molecule has 10 heteroatoms. The van der Waals surface area contributed by atoms with Crippen molar-refractivity contribution in [1.29, 1.82) is 0 Å². The Morgan fingerprint density at radius 1 is 0.880 bits per heavy atom. The molecule has 0 aromatic rings. The molecule has 2 saturated heterocycles. The fourth-order valence-electron chi connectivity index (χ4n) is 4.16. The molecule has 10 nitrogen and oxygen atoms in total. The predicted molar refractivity (Wildman–Crippen MR) is 86.9 cm³/mol. The first-order chi connectivity index (χ1) is 11.9. The van der Waals surface area contributed by atoms with E-state index in [4.69, 9.17) is 14.2 Å². The van der Waals surface area contributed by atoms with Crippen LogP contribution in [0.3, 0.4) is 0 Å². The summed E-state index contributed by atoms with van der Waals surface area (Å²) in [7, 11) is 4.45. The summed E-state index contributed by atoms with van der Waals surface area (Å²) >= 11 is 0. The normalized spacial score (nSPS) is 29.2. The van der Waals surface area contributed by atoms with E-state index in [1.165, 1.54) is 40.9 Å². The Labute approximate surface area is 147 Å². The molecular weight excluding hydrogens is 332 g/mol. The third-order valence-electron chi connectivity index (χ3n) is 5.14.